The van der Waals surface area contributed by atoms with Crippen molar-refractivity contribution in [2.75, 3.05) is 13.1 Å². The number of nitrogens with one attached hydrogen (secondary N) is 1. The number of ether oxygens (including phenoxy) is 1. The Bertz CT molecular complexity index is 466. The minimum Gasteiger partial charge on any atom is -0.434 e. The number of hydrogen-bond donors (Lipinski definition) is 1. The van der Waals surface area contributed by atoms with E-state index in [-0.39, 0.29) is 11.3 Å². The Balaban J connectivity index is 1.85. The molecular formula is C17H26F2N2O. The number of para-hydroxylation sites is 1. The molecule has 0 saturated carbocycles. The van der Waals surface area contributed by atoms with Crippen molar-refractivity contribution in [1.29, 1.82) is 0 Å². The van der Waals surface area contributed by atoms with Gasteiger partial charge >= 0.3 is 6.61 Å². The van der Waals surface area contributed by atoms with E-state index in [0.29, 0.717) is 12.6 Å². The zero-order valence-corrected chi connectivity index (χ0v) is 13.6. The number of likely N-dealkylation sites (tertiary alicyclic amines) is 1. The van der Waals surface area contributed by atoms with Crippen LogP contribution in [0.1, 0.15) is 39.2 Å². The zero-order valence-electron chi connectivity index (χ0n) is 13.6. The van der Waals surface area contributed by atoms with Crippen molar-refractivity contribution in [3.05, 3.63) is 29.8 Å². The summed E-state index contributed by atoms with van der Waals surface area (Å²) in [6, 6.07) is 7.40. The Kier molecular flexibility index (Phi) is 5.75. The summed E-state index contributed by atoms with van der Waals surface area (Å²) in [5.74, 6) is 0.261. The topological polar surface area (TPSA) is 24.5 Å². The normalized spacial score (nSPS) is 17.9. The molecule has 1 aliphatic rings. The SMILES string of the molecule is CC(C)(C)N1CCC(NCc2ccccc2OC(F)F)CC1. The summed E-state index contributed by atoms with van der Waals surface area (Å²) in [6.07, 6.45) is 2.16. The van der Waals surface area contributed by atoms with Crippen LogP contribution in [0, 0.1) is 0 Å². The minimum absolute atomic E-state index is 0.211. The van der Waals surface area contributed by atoms with E-state index in [0.717, 1.165) is 31.5 Å². The van der Waals surface area contributed by atoms with E-state index in [1.807, 2.05) is 12.1 Å². The molecule has 0 unspecified atom stereocenters. The molecular weight excluding hydrogens is 286 g/mol. The molecule has 0 bridgehead atoms. The van der Waals surface area contributed by atoms with Gasteiger partial charge in [-0.05, 0) is 39.7 Å². The monoisotopic (exact) mass is 312 g/mol. The highest BCUT2D eigenvalue weighted by atomic mass is 19.3. The Labute approximate surface area is 131 Å². The van der Waals surface area contributed by atoms with Crippen LogP contribution in [-0.4, -0.2) is 36.2 Å². The molecule has 1 fully saturated rings. The average molecular weight is 312 g/mol. The molecule has 0 spiro atoms. The molecule has 0 aromatic heterocycles. The predicted octanol–water partition coefficient (Wildman–Crippen LogP) is 3.64. The summed E-state index contributed by atoms with van der Waals surface area (Å²) >= 11 is 0. The van der Waals surface area contributed by atoms with Gasteiger partial charge in [-0.2, -0.15) is 8.78 Å². The van der Waals surface area contributed by atoms with E-state index in [2.05, 4.69) is 35.7 Å². The average Bonchev–Trinajstić information content (AvgIpc) is 2.45. The standard InChI is InChI=1S/C17H26F2N2O/c1-17(2,3)21-10-8-14(9-11-21)20-12-13-6-4-5-7-15(13)22-16(18)19/h4-7,14,16,20H,8-12H2,1-3H3. The molecule has 0 atom stereocenters. The Hall–Kier alpha value is -1.20. The van der Waals surface area contributed by atoms with E-state index in [4.69, 9.17) is 0 Å². The van der Waals surface area contributed by atoms with Crippen molar-refractivity contribution in [3.8, 4) is 5.75 Å². The van der Waals surface area contributed by atoms with Gasteiger partial charge in [0.15, 0.2) is 0 Å². The van der Waals surface area contributed by atoms with E-state index >= 15 is 0 Å². The molecule has 22 heavy (non-hydrogen) atoms. The summed E-state index contributed by atoms with van der Waals surface area (Å²) in [6.45, 7) is 6.61. The van der Waals surface area contributed by atoms with Crippen molar-refractivity contribution >= 4 is 0 Å². The first-order valence-corrected chi connectivity index (χ1v) is 7.87. The van der Waals surface area contributed by atoms with Crippen LogP contribution in [-0.2, 0) is 6.54 Å². The molecule has 0 radical (unpaired) electrons. The van der Waals surface area contributed by atoms with Gasteiger partial charge in [-0.1, -0.05) is 18.2 Å². The van der Waals surface area contributed by atoms with Crippen molar-refractivity contribution in [2.45, 2.75) is 58.3 Å². The van der Waals surface area contributed by atoms with Crippen molar-refractivity contribution in [3.63, 3.8) is 0 Å². The van der Waals surface area contributed by atoms with Gasteiger partial charge in [0.2, 0.25) is 0 Å². The third-order valence-electron chi connectivity index (χ3n) is 4.21. The van der Waals surface area contributed by atoms with E-state index < -0.39 is 6.61 Å². The molecule has 1 saturated heterocycles. The van der Waals surface area contributed by atoms with Crippen LogP contribution in [0.2, 0.25) is 0 Å². The summed E-state index contributed by atoms with van der Waals surface area (Å²) in [5, 5.41) is 3.47. The second-order valence-corrected chi connectivity index (χ2v) is 6.80. The first kappa shape index (κ1) is 17.2. The number of hydrogen-bond acceptors (Lipinski definition) is 3. The molecule has 1 N–H and O–H groups in total. The number of nitrogens with zero attached hydrogens (tertiary/aromatic N) is 1. The molecule has 2 rings (SSSR count). The maximum Gasteiger partial charge on any atom is 0.387 e. The highest BCUT2D eigenvalue weighted by Gasteiger charge is 2.26. The fourth-order valence-corrected chi connectivity index (χ4v) is 2.87. The first-order chi connectivity index (χ1) is 10.4. The third-order valence-corrected chi connectivity index (χ3v) is 4.21. The van der Waals surface area contributed by atoms with Crippen LogP contribution in [0.25, 0.3) is 0 Å². The van der Waals surface area contributed by atoms with Crippen LogP contribution in [0.5, 0.6) is 5.75 Å². The lowest BCUT2D eigenvalue weighted by molar-refractivity contribution is -0.0505. The fraction of sp³-hybridized carbons (Fsp3) is 0.647. The zero-order chi connectivity index (χ0) is 16.2. The van der Waals surface area contributed by atoms with Crippen molar-refractivity contribution in [1.82, 2.24) is 10.2 Å². The van der Waals surface area contributed by atoms with Crippen LogP contribution < -0.4 is 10.1 Å². The van der Waals surface area contributed by atoms with Crippen LogP contribution in [0.3, 0.4) is 0 Å². The predicted molar refractivity (Wildman–Crippen MR) is 84.3 cm³/mol. The van der Waals surface area contributed by atoms with Crippen LogP contribution in [0.15, 0.2) is 24.3 Å². The first-order valence-electron chi connectivity index (χ1n) is 7.87. The molecule has 5 heteroatoms. The molecule has 124 valence electrons. The molecule has 0 aliphatic carbocycles. The maximum absolute atomic E-state index is 12.4. The lowest BCUT2D eigenvalue weighted by Crippen LogP contribution is -2.49. The van der Waals surface area contributed by atoms with Gasteiger partial charge in [0, 0.05) is 36.8 Å². The molecule has 0 amide bonds. The number of rotatable bonds is 5. The summed E-state index contributed by atoms with van der Waals surface area (Å²) in [7, 11) is 0. The molecule has 1 heterocycles. The van der Waals surface area contributed by atoms with Crippen molar-refractivity contribution in [2.24, 2.45) is 0 Å². The van der Waals surface area contributed by atoms with Gasteiger partial charge in [-0.15, -0.1) is 0 Å². The fourth-order valence-electron chi connectivity index (χ4n) is 2.87. The molecule has 1 aromatic rings. The Morgan fingerprint density at radius 1 is 1.23 bits per heavy atom. The van der Waals surface area contributed by atoms with Gasteiger partial charge in [-0.3, -0.25) is 4.90 Å². The summed E-state index contributed by atoms with van der Waals surface area (Å²) in [4.78, 5) is 2.49. The van der Waals surface area contributed by atoms with Gasteiger partial charge < -0.3 is 10.1 Å². The van der Waals surface area contributed by atoms with Crippen LogP contribution >= 0.6 is 0 Å². The van der Waals surface area contributed by atoms with Gasteiger partial charge in [0.1, 0.15) is 5.75 Å². The lowest BCUT2D eigenvalue weighted by Gasteiger charge is -2.41. The quantitative estimate of drug-likeness (QED) is 0.898. The van der Waals surface area contributed by atoms with Gasteiger partial charge in [-0.25, -0.2) is 0 Å². The smallest absolute Gasteiger partial charge is 0.387 e. The van der Waals surface area contributed by atoms with E-state index in [1.54, 1.807) is 12.1 Å². The van der Waals surface area contributed by atoms with Gasteiger partial charge in [0.05, 0.1) is 0 Å². The van der Waals surface area contributed by atoms with Crippen LogP contribution in [0.4, 0.5) is 8.78 Å². The number of piperidine rings is 1. The molecule has 1 aromatic carbocycles. The Morgan fingerprint density at radius 3 is 2.45 bits per heavy atom. The van der Waals surface area contributed by atoms with E-state index in [9.17, 15) is 8.78 Å². The second kappa shape index (κ2) is 7.38. The number of alkyl halides is 2. The molecule has 3 nitrogen and oxygen atoms in total. The molecule has 1 aliphatic heterocycles. The highest BCUT2D eigenvalue weighted by molar-refractivity contribution is 5.33. The number of halogens is 2. The minimum atomic E-state index is -2.78. The van der Waals surface area contributed by atoms with Gasteiger partial charge in [0.25, 0.3) is 0 Å². The summed E-state index contributed by atoms with van der Waals surface area (Å²) in [5.41, 5.74) is 0.990. The maximum atomic E-state index is 12.4. The second-order valence-electron chi connectivity index (χ2n) is 6.80. The van der Waals surface area contributed by atoms with E-state index in [1.165, 1.54) is 0 Å². The highest BCUT2D eigenvalue weighted by Crippen LogP contribution is 2.22. The van der Waals surface area contributed by atoms with Crippen molar-refractivity contribution < 1.29 is 13.5 Å². The number of benzene rings is 1. The Morgan fingerprint density at radius 2 is 1.86 bits per heavy atom. The lowest BCUT2D eigenvalue weighted by atomic mass is 9.98. The third kappa shape index (κ3) is 4.92. The summed E-state index contributed by atoms with van der Waals surface area (Å²) < 4.78 is 29.4. The largest absolute Gasteiger partial charge is 0.434 e.